The van der Waals surface area contributed by atoms with Crippen LogP contribution in [0.5, 0.6) is 0 Å². The summed E-state index contributed by atoms with van der Waals surface area (Å²) in [6.07, 6.45) is 5.23. The quantitative estimate of drug-likeness (QED) is 0.897. The van der Waals surface area contributed by atoms with E-state index in [1.165, 1.54) is 23.8 Å². The van der Waals surface area contributed by atoms with Crippen LogP contribution in [0.15, 0.2) is 23.6 Å². The molecule has 1 N–H and O–H groups in total. The van der Waals surface area contributed by atoms with Crippen LogP contribution in [0.25, 0.3) is 11.3 Å². The van der Waals surface area contributed by atoms with E-state index in [2.05, 4.69) is 10.3 Å². The van der Waals surface area contributed by atoms with Gasteiger partial charge in [0, 0.05) is 16.9 Å². The van der Waals surface area contributed by atoms with Gasteiger partial charge in [0.05, 0.1) is 5.69 Å². The van der Waals surface area contributed by atoms with E-state index in [1.807, 2.05) is 0 Å². The molecule has 0 saturated heterocycles. The number of thiazole rings is 1. The fraction of sp³-hybridized carbons (Fsp3) is 0.375. The normalized spacial score (nSPS) is 15.7. The lowest BCUT2D eigenvalue weighted by Crippen LogP contribution is -2.24. The lowest BCUT2D eigenvalue weighted by atomic mass is 9.89. The average molecular weight is 322 g/mol. The van der Waals surface area contributed by atoms with Crippen LogP contribution in [0.4, 0.5) is 13.9 Å². The highest BCUT2D eigenvalue weighted by atomic mass is 32.1. The first kappa shape index (κ1) is 15.1. The second-order valence-electron chi connectivity index (χ2n) is 5.49. The zero-order chi connectivity index (χ0) is 15.5. The summed E-state index contributed by atoms with van der Waals surface area (Å²) >= 11 is 1.29. The molecule has 1 aliphatic carbocycles. The van der Waals surface area contributed by atoms with Crippen molar-refractivity contribution < 1.29 is 13.6 Å². The Labute approximate surface area is 131 Å². The molecule has 1 fully saturated rings. The SMILES string of the molecule is O=C(Nc1nc(-c2ccc(F)c(F)c2)cs1)C1CCCCC1. The molecule has 0 aliphatic heterocycles. The van der Waals surface area contributed by atoms with Crippen LogP contribution in [0.3, 0.4) is 0 Å². The summed E-state index contributed by atoms with van der Waals surface area (Å²) in [5, 5.41) is 5.05. The Kier molecular flexibility index (Phi) is 4.47. The molecule has 3 nitrogen and oxygen atoms in total. The van der Waals surface area contributed by atoms with Crippen molar-refractivity contribution in [2.75, 3.05) is 5.32 Å². The highest BCUT2D eigenvalue weighted by Gasteiger charge is 2.22. The van der Waals surface area contributed by atoms with Gasteiger partial charge in [-0.2, -0.15) is 0 Å². The van der Waals surface area contributed by atoms with Gasteiger partial charge in [-0.25, -0.2) is 13.8 Å². The fourth-order valence-electron chi connectivity index (χ4n) is 2.69. The number of hydrogen-bond donors (Lipinski definition) is 1. The van der Waals surface area contributed by atoms with Crippen molar-refractivity contribution >= 4 is 22.4 Å². The molecule has 0 bridgehead atoms. The maximum Gasteiger partial charge on any atom is 0.229 e. The predicted octanol–water partition coefficient (Wildman–Crippen LogP) is 4.61. The zero-order valence-corrected chi connectivity index (χ0v) is 12.8. The molecular formula is C16H16F2N2OS. The lowest BCUT2D eigenvalue weighted by molar-refractivity contribution is -0.120. The fourth-order valence-corrected chi connectivity index (χ4v) is 3.41. The van der Waals surface area contributed by atoms with Crippen LogP contribution in [-0.4, -0.2) is 10.9 Å². The van der Waals surface area contributed by atoms with Gasteiger partial charge in [-0.1, -0.05) is 19.3 Å². The van der Waals surface area contributed by atoms with Crippen LogP contribution in [0.2, 0.25) is 0 Å². The van der Waals surface area contributed by atoms with Crippen molar-refractivity contribution in [3.8, 4) is 11.3 Å². The summed E-state index contributed by atoms with van der Waals surface area (Å²) in [5.74, 6) is -1.72. The summed E-state index contributed by atoms with van der Waals surface area (Å²) in [4.78, 5) is 16.4. The van der Waals surface area contributed by atoms with Crippen molar-refractivity contribution in [3.05, 3.63) is 35.2 Å². The average Bonchev–Trinajstić information content (AvgIpc) is 2.99. The molecule has 1 saturated carbocycles. The maximum atomic E-state index is 13.3. The van der Waals surface area contributed by atoms with Crippen LogP contribution >= 0.6 is 11.3 Å². The number of anilines is 1. The highest BCUT2D eigenvalue weighted by molar-refractivity contribution is 7.14. The minimum Gasteiger partial charge on any atom is -0.302 e. The third-order valence-electron chi connectivity index (χ3n) is 3.93. The van der Waals surface area contributed by atoms with Gasteiger partial charge in [-0.3, -0.25) is 4.79 Å². The number of nitrogens with one attached hydrogen (secondary N) is 1. The van der Waals surface area contributed by atoms with E-state index in [1.54, 1.807) is 5.38 Å². The Morgan fingerprint density at radius 1 is 1.18 bits per heavy atom. The molecule has 1 amide bonds. The number of carbonyl (C=O) groups is 1. The van der Waals surface area contributed by atoms with E-state index in [-0.39, 0.29) is 11.8 Å². The Morgan fingerprint density at radius 3 is 2.68 bits per heavy atom. The van der Waals surface area contributed by atoms with Gasteiger partial charge in [-0.05, 0) is 31.0 Å². The van der Waals surface area contributed by atoms with Crippen molar-refractivity contribution in [1.29, 1.82) is 0 Å². The summed E-state index contributed by atoms with van der Waals surface area (Å²) in [6, 6.07) is 3.65. The molecule has 0 atom stereocenters. The van der Waals surface area contributed by atoms with Crippen LogP contribution in [0, 0.1) is 17.6 Å². The van der Waals surface area contributed by atoms with Gasteiger partial charge in [0.25, 0.3) is 0 Å². The molecule has 1 aromatic heterocycles. The summed E-state index contributed by atoms with van der Waals surface area (Å²) < 4.78 is 26.2. The van der Waals surface area contributed by atoms with Crippen molar-refractivity contribution in [1.82, 2.24) is 4.98 Å². The van der Waals surface area contributed by atoms with Gasteiger partial charge < -0.3 is 5.32 Å². The molecule has 0 spiro atoms. The first-order chi connectivity index (χ1) is 10.6. The van der Waals surface area contributed by atoms with E-state index >= 15 is 0 Å². The standard InChI is InChI=1S/C16H16F2N2OS/c17-12-7-6-11(8-13(12)18)14-9-22-16(19-14)20-15(21)10-4-2-1-3-5-10/h6-10H,1-5H2,(H,19,20,21). The Hall–Kier alpha value is -1.82. The maximum absolute atomic E-state index is 13.3. The first-order valence-corrected chi connectivity index (χ1v) is 8.23. The summed E-state index contributed by atoms with van der Waals surface area (Å²) in [6.45, 7) is 0. The Balaban J connectivity index is 1.70. The third-order valence-corrected chi connectivity index (χ3v) is 4.68. The molecule has 3 rings (SSSR count). The van der Waals surface area contributed by atoms with Crippen LogP contribution < -0.4 is 5.32 Å². The predicted molar refractivity (Wildman–Crippen MR) is 82.7 cm³/mol. The number of benzene rings is 1. The molecule has 22 heavy (non-hydrogen) atoms. The summed E-state index contributed by atoms with van der Waals surface area (Å²) in [7, 11) is 0. The molecule has 1 aliphatic rings. The second-order valence-corrected chi connectivity index (χ2v) is 6.35. The van der Waals surface area contributed by atoms with Crippen molar-refractivity contribution in [3.63, 3.8) is 0 Å². The zero-order valence-electron chi connectivity index (χ0n) is 11.9. The van der Waals surface area contributed by atoms with E-state index in [0.717, 1.165) is 37.8 Å². The number of halogens is 2. The smallest absolute Gasteiger partial charge is 0.229 e. The number of rotatable bonds is 3. The number of hydrogen-bond acceptors (Lipinski definition) is 3. The molecule has 2 aromatic rings. The number of amides is 1. The van der Waals surface area contributed by atoms with Crippen molar-refractivity contribution in [2.45, 2.75) is 32.1 Å². The highest BCUT2D eigenvalue weighted by Crippen LogP contribution is 2.28. The minimum absolute atomic E-state index is 0.00545. The second kappa shape index (κ2) is 6.52. The van der Waals surface area contributed by atoms with E-state index in [0.29, 0.717) is 16.4 Å². The lowest BCUT2D eigenvalue weighted by Gasteiger charge is -2.19. The van der Waals surface area contributed by atoms with Crippen LogP contribution in [-0.2, 0) is 4.79 Å². The molecule has 1 aromatic carbocycles. The first-order valence-electron chi connectivity index (χ1n) is 7.35. The largest absolute Gasteiger partial charge is 0.302 e. The Bertz CT molecular complexity index is 681. The molecule has 0 unspecified atom stereocenters. The number of nitrogens with zero attached hydrogens (tertiary/aromatic N) is 1. The minimum atomic E-state index is -0.904. The van der Waals surface area contributed by atoms with E-state index in [4.69, 9.17) is 0 Å². The van der Waals surface area contributed by atoms with Gasteiger partial charge in [0.15, 0.2) is 16.8 Å². The molecule has 0 radical (unpaired) electrons. The molecule has 1 heterocycles. The van der Waals surface area contributed by atoms with Gasteiger partial charge >= 0.3 is 0 Å². The molecule has 6 heteroatoms. The van der Waals surface area contributed by atoms with Gasteiger partial charge in [-0.15, -0.1) is 11.3 Å². The van der Waals surface area contributed by atoms with E-state index < -0.39 is 11.6 Å². The molecule has 116 valence electrons. The Morgan fingerprint density at radius 2 is 1.95 bits per heavy atom. The monoisotopic (exact) mass is 322 g/mol. The number of carbonyl (C=O) groups excluding carboxylic acids is 1. The molecular weight excluding hydrogens is 306 g/mol. The van der Waals surface area contributed by atoms with Crippen LogP contribution in [0.1, 0.15) is 32.1 Å². The number of aromatic nitrogens is 1. The van der Waals surface area contributed by atoms with Gasteiger partial charge in [0.2, 0.25) is 5.91 Å². The topological polar surface area (TPSA) is 42.0 Å². The summed E-state index contributed by atoms with van der Waals surface area (Å²) in [5.41, 5.74) is 1.02. The van der Waals surface area contributed by atoms with Gasteiger partial charge in [0.1, 0.15) is 0 Å². The van der Waals surface area contributed by atoms with E-state index in [9.17, 15) is 13.6 Å². The van der Waals surface area contributed by atoms with Crippen molar-refractivity contribution in [2.24, 2.45) is 5.92 Å². The third kappa shape index (κ3) is 3.32.